The minimum absolute atomic E-state index is 0.708. The second-order valence-corrected chi connectivity index (χ2v) is 4.89. The van der Waals surface area contributed by atoms with Crippen molar-refractivity contribution in [3.8, 4) is 16.9 Å². The third kappa shape index (κ3) is 2.32. The van der Waals surface area contributed by atoms with Crippen LogP contribution in [-0.2, 0) is 6.54 Å². The molecule has 2 N–H and O–H groups in total. The number of anilines is 1. The van der Waals surface area contributed by atoms with Gasteiger partial charge in [-0.2, -0.15) is 5.10 Å². The molecule has 0 spiro atoms. The smallest absolute Gasteiger partial charge is 0.121 e. The van der Waals surface area contributed by atoms with E-state index in [2.05, 4.69) is 11.3 Å². The third-order valence-electron chi connectivity index (χ3n) is 3.27. The molecule has 1 fully saturated rings. The first-order chi connectivity index (χ1) is 8.74. The quantitative estimate of drug-likeness (QED) is 0.840. The number of benzene rings is 1. The minimum Gasteiger partial charge on any atom is -0.497 e. The Kier molecular flexibility index (Phi) is 2.70. The molecular weight excluding hydrogens is 226 g/mol. The van der Waals surface area contributed by atoms with Crippen molar-refractivity contribution in [1.82, 2.24) is 9.78 Å². The van der Waals surface area contributed by atoms with Crippen molar-refractivity contribution in [3.05, 3.63) is 30.6 Å². The van der Waals surface area contributed by atoms with Crippen LogP contribution in [0.4, 0.5) is 5.69 Å². The van der Waals surface area contributed by atoms with Crippen molar-refractivity contribution in [2.45, 2.75) is 19.4 Å². The first kappa shape index (κ1) is 11.1. The molecule has 0 saturated heterocycles. The van der Waals surface area contributed by atoms with E-state index in [0.717, 1.165) is 29.3 Å². The molecule has 1 aliphatic rings. The van der Waals surface area contributed by atoms with Crippen molar-refractivity contribution in [2.24, 2.45) is 5.92 Å². The summed E-state index contributed by atoms with van der Waals surface area (Å²) in [7, 11) is 1.65. The fraction of sp³-hybridized carbons (Fsp3) is 0.357. The van der Waals surface area contributed by atoms with E-state index in [1.807, 2.05) is 29.1 Å². The Hall–Kier alpha value is -1.97. The molecule has 0 aliphatic heterocycles. The second-order valence-electron chi connectivity index (χ2n) is 4.89. The first-order valence-corrected chi connectivity index (χ1v) is 6.22. The lowest BCUT2D eigenvalue weighted by molar-refractivity contribution is 0.415. The van der Waals surface area contributed by atoms with Gasteiger partial charge in [0.2, 0.25) is 0 Å². The van der Waals surface area contributed by atoms with E-state index in [0.29, 0.717) is 5.69 Å². The van der Waals surface area contributed by atoms with Crippen molar-refractivity contribution in [2.75, 3.05) is 12.8 Å². The lowest BCUT2D eigenvalue weighted by Gasteiger charge is -2.04. The number of nitrogen functional groups attached to an aromatic ring is 1. The summed E-state index contributed by atoms with van der Waals surface area (Å²) >= 11 is 0. The van der Waals surface area contributed by atoms with E-state index in [1.165, 1.54) is 12.8 Å². The Morgan fingerprint density at radius 3 is 2.89 bits per heavy atom. The number of ether oxygens (including phenoxy) is 1. The zero-order valence-corrected chi connectivity index (χ0v) is 10.5. The molecule has 0 unspecified atom stereocenters. The van der Waals surface area contributed by atoms with Gasteiger partial charge in [-0.15, -0.1) is 0 Å². The van der Waals surface area contributed by atoms with Gasteiger partial charge in [-0.05, 0) is 36.5 Å². The Morgan fingerprint density at radius 1 is 1.33 bits per heavy atom. The Labute approximate surface area is 106 Å². The Balaban J connectivity index is 1.88. The number of rotatable bonds is 4. The van der Waals surface area contributed by atoms with Crippen LogP contribution in [0.25, 0.3) is 11.1 Å². The summed E-state index contributed by atoms with van der Waals surface area (Å²) in [5, 5.41) is 4.39. The summed E-state index contributed by atoms with van der Waals surface area (Å²) in [5.41, 5.74) is 8.70. The van der Waals surface area contributed by atoms with Crippen molar-refractivity contribution in [1.29, 1.82) is 0 Å². The number of methoxy groups -OCH3 is 1. The van der Waals surface area contributed by atoms with Gasteiger partial charge in [-0.3, -0.25) is 4.68 Å². The fourth-order valence-corrected chi connectivity index (χ4v) is 2.08. The molecule has 0 bridgehead atoms. The van der Waals surface area contributed by atoms with Gasteiger partial charge >= 0.3 is 0 Å². The highest BCUT2D eigenvalue weighted by Gasteiger charge is 2.22. The molecule has 4 heteroatoms. The number of hydrogen-bond acceptors (Lipinski definition) is 3. The van der Waals surface area contributed by atoms with E-state index in [4.69, 9.17) is 10.5 Å². The lowest BCUT2D eigenvalue weighted by atomic mass is 10.1. The van der Waals surface area contributed by atoms with Gasteiger partial charge in [0.05, 0.1) is 13.3 Å². The largest absolute Gasteiger partial charge is 0.497 e. The average molecular weight is 243 g/mol. The van der Waals surface area contributed by atoms with E-state index in [-0.39, 0.29) is 0 Å². The predicted molar refractivity (Wildman–Crippen MR) is 71.4 cm³/mol. The molecule has 1 aliphatic carbocycles. The highest BCUT2D eigenvalue weighted by Crippen LogP contribution is 2.31. The lowest BCUT2D eigenvalue weighted by Crippen LogP contribution is -1.99. The van der Waals surface area contributed by atoms with Crippen LogP contribution in [0.2, 0.25) is 0 Å². The average Bonchev–Trinajstić information content (AvgIpc) is 3.04. The topological polar surface area (TPSA) is 53.1 Å². The van der Waals surface area contributed by atoms with Gasteiger partial charge in [-0.25, -0.2) is 0 Å². The molecular formula is C14H17N3O. The Morgan fingerprint density at radius 2 is 2.17 bits per heavy atom. The molecule has 1 heterocycles. The molecule has 1 aromatic heterocycles. The van der Waals surface area contributed by atoms with Crippen LogP contribution in [0.3, 0.4) is 0 Å². The summed E-state index contributed by atoms with van der Waals surface area (Å²) < 4.78 is 7.25. The van der Waals surface area contributed by atoms with Crippen LogP contribution in [0, 0.1) is 5.92 Å². The maximum Gasteiger partial charge on any atom is 0.121 e. The first-order valence-electron chi connectivity index (χ1n) is 6.22. The zero-order chi connectivity index (χ0) is 12.5. The van der Waals surface area contributed by atoms with Crippen molar-refractivity contribution >= 4 is 5.69 Å². The molecule has 18 heavy (non-hydrogen) atoms. The van der Waals surface area contributed by atoms with Crippen molar-refractivity contribution in [3.63, 3.8) is 0 Å². The van der Waals surface area contributed by atoms with Gasteiger partial charge in [0.1, 0.15) is 5.75 Å². The summed E-state index contributed by atoms with van der Waals surface area (Å²) in [6.07, 6.45) is 6.63. The highest BCUT2D eigenvalue weighted by molar-refractivity contribution is 5.68. The predicted octanol–water partition coefficient (Wildman–Crippen LogP) is 2.55. The van der Waals surface area contributed by atoms with Crippen molar-refractivity contribution < 1.29 is 4.74 Å². The number of nitrogens with two attached hydrogens (primary N) is 1. The molecule has 1 saturated carbocycles. The highest BCUT2D eigenvalue weighted by atomic mass is 16.5. The van der Waals surface area contributed by atoms with Gasteiger partial charge in [-0.1, -0.05) is 0 Å². The van der Waals surface area contributed by atoms with E-state index < -0.39 is 0 Å². The standard InChI is InChI=1S/C14H17N3O/c1-18-14-5-11(4-13(15)6-14)12-7-16-17(9-12)8-10-2-3-10/h4-7,9-10H,2-3,8,15H2,1H3. The minimum atomic E-state index is 0.708. The van der Waals surface area contributed by atoms with Crippen LogP contribution in [0.1, 0.15) is 12.8 Å². The van der Waals surface area contributed by atoms with Crippen LogP contribution < -0.4 is 10.5 Å². The van der Waals surface area contributed by atoms with Gasteiger partial charge in [0, 0.05) is 30.1 Å². The fourth-order valence-electron chi connectivity index (χ4n) is 2.08. The molecule has 1 aromatic carbocycles. The zero-order valence-electron chi connectivity index (χ0n) is 10.5. The third-order valence-corrected chi connectivity index (χ3v) is 3.27. The van der Waals surface area contributed by atoms with Gasteiger partial charge in [0.15, 0.2) is 0 Å². The van der Waals surface area contributed by atoms with Crippen LogP contribution in [0.5, 0.6) is 5.75 Å². The normalized spacial score (nSPS) is 14.7. The SMILES string of the molecule is COc1cc(N)cc(-c2cnn(CC3CC3)c2)c1. The molecule has 4 nitrogen and oxygen atoms in total. The molecule has 94 valence electrons. The summed E-state index contributed by atoms with van der Waals surface area (Å²) in [6, 6.07) is 5.74. The second kappa shape index (κ2) is 4.37. The summed E-state index contributed by atoms with van der Waals surface area (Å²) in [6.45, 7) is 1.03. The number of aromatic nitrogens is 2. The summed E-state index contributed by atoms with van der Waals surface area (Å²) in [5.74, 6) is 1.60. The molecule has 0 amide bonds. The van der Waals surface area contributed by atoms with Crippen LogP contribution in [0.15, 0.2) is 30.6 Å². The Bertz CT molecular complexity index is 558. The number of nitrogens with zero attached hydrogens (tertiary/aromatic N) is 2. The maximum absolute atomic E-state index is 5.86. The number of hydrogen-bond donors (Lipinski definition) is 1. The van der Waals surface area contributed by atoms with Crippen LogP contribution >= 0.6 is 0 Å². The molecule has 0 atom stereocenters. The van der Waals surface area contributed by atoms with E-state index in [9.17, 15) is 0 Å². The summed E-state index contributed by atoms with van der Waals surface area (Å²) in [4.78, 5) is 0. The van der Waals surface area contributed by atoms with Gasteiger partial charge < -0.3 is 10.5 Å². The monoisotopic (exact) mass is 243 g/mol. The maximum atomic E-state index is 5.86. The van der Waals surface area contributed by atoms with Crippen LogP contribution in [-0.4, -0.2) is 16.9 Å². The molecule has 2 aromatic rings. The van der Waals surface area contributed by atoms with E-state index >= 15 is 0 Å². The molecule has 3 rings (SSSR count). The van der Waals surface area contributed by atoms with E-state index in [1.54, 1.807) is 7.11 Å². The van der Waals surface area contributed by atoms with Gasteiger partial charge in [0.25, 0.3) is 0 Å². The molecule has 0 radical (unpaired) electrons.